The first-order valence-electron chi connectivity index (χ1n) is 8.05. The van der Waals surface area contributed by atoms with Crippen LogP contribution in [0.4, 0.5) is 21.8 Å². The Morgan fingerprint density at radius 1 is 1.25 bits per heavy atom. The van der Waals surface area contributed by atoms with Crippen LogP contribution in [-0.2, 0) is 0 Å². The van der Waals surface area contributed by atoms with Crippen molar-refractivity contribution in [3.05, 3.63) is 41.8 Å². The zero-order chi connectivity index (χ0) is 17.2. The zero-order valence-electron chi connectivity index (χ0n) is 13.8. The first kappa shape index (κ1) is 17.7. The summed E-state index contributed by atoms with van der Waals surface area (Å²) in [6, 6.07) is 6.04. The van der Waals surface area contributed by atoms with Crippen molar-refractivity contribution in [1.82, 2.24) is 9.97 Å². The van der Waals surface area contributed by atoms with E-state index in [-0.39, 0.29) is 5.82 Å². The van der Waals surface area contributed by atoms with Crippen LogP contribution < -0.4 is 16.4 Å². The number of rotatable bonds is 7. The summed E-state index contributed by atoms with van der Waals surface area (Å²) in [6.45, 7) is 3.51. The molecule has 1 aromatic carbocycles. The molecule has 0 spiro atoms. The van der Waals surface area contributed by atoms with E-state index in [1.807, 2.05) is 0 Å². The summed E-state index contributed by atoms with van der Waals surface area (Å²) in [7, 11) is 0. The highest BCUT2D eigenvalue weighted by molar-refractivity contribution is 5.59. The molecule has 0 aliphatic carbocycles. The third kappa shape index (κ3) is 5.52. The van der Waals surface area contributed by atoms with Gasteiger partial charge in [0.05, 0.1) is 11.8 Å². The fraction of sp³-hybridized carbons (Fsp3) is 0.333. The minimum absolute atomic E-state index is 0.283. The number of nitrogens with one attached hydrogen (secondary N) is 2. The lowest BCUT2D eigenvalue weighted by molar-refractivity contribution is 0.628. The van der Waals surface area contributed by atoms with Crippen molar-refractivity contribution >= 4 is 17.5 Å². The highest BCUT2D eigenvalue weighted by atomic mass is 19.1. The molecule has 0 unspecified atom stereocenters. The maximum absolute atomic E-state index is 13.0. The zero-order valence-corrected chi connectivity index (χ0v) is 13.8. The molecule has 24 heavy (non-hydrogen) atoms. The molecule has 126 valence electrons. The van der Waals surface area contributed by atoms with Gasteiger partial charge in [0.2, 0.25) is 5.95 Å². The minimum atomic E-state index is -0.283. The number of halogens is 1. The molecule has 0 bridgehead atoms. The van der Waals surface area contributed by atoms with Gasteiger partial charge in [0.15, 0.2) is 0 Å². The third-order valence-corrected chi connectivity index (χ3v) is 3.16. The van der Waals surface area contributed by atoms with Gasteiger partial charge in [-0.05, 0) is 43.7 Å². The number of benzene rings is 1. The number of anilines is 3. The Balaban J connectivity index is 2.17. The van der Waals surface area contributed by atoms with Gasteiger partial charge in [0.25, 0.3) is 0 Å². The smallest absolute Gasteiger partial charge is 0.229 e. The standard InChI is InChI=1S/C18H22FN5/c1-2-12-21-17-14(6-4-3-5-11-20)13-22-18(24-17)23-16-9-7-15(19)8-10-16/h7-10,13H,2-3,5,11-12,20H2,1H3,(H2,21,22,23,24). The Hall–Kier alpha value is -2.65. The molecular weight excluding hydrogens is 305 g/mol. The Bertz CT molecular complexity index is 704. The minimum Gasteiger partial charge on any atom is -0.369 e. The quantitative estimate of drug-likeness (QED) is 0.537. The summed E-state index contributed by atoms with van der Waals surface area (Å²) in [5.74, 6) is 7.01. The molecule has 2 aromatic rings. The summed E-state index contributed by atoms with van der Waals surface area (Å²) < 4.78 is 13.0. The lowest BCUT2D eigenvalue weighted by atomic mass is 10.2. The van der Waals surface area contributed by atoms with Crippen molar-refractivity contribution in [2.45, 2.75) is 26.2 Å². The molecule has 1 heterocycles. The fourth-order valence-corrected chi connectivity index (χ4v) is 1.92. The first-order chi connectivity index (χ1) is 11.7. The second kappa shape index (κ2) is 9.48. The van der Waals surface area contributed by atoms with Crippen LogP contribution in [0.1, 0.15) is 31.7 Å². The Kier molecular flexibility index (Phi) is 6.99. The second-order valence-corrected chi connectivity index (χ2v) is 5.21. The number of hydrogen-bond acceptors (Lipinski definition) is 5. The Labute approximate surface area is 141 Å². The number of aromatic nitrogens is 2. The van der Waals surface area contributed by atoms with Crippen molar-refractivity contribution in [3.63, 3.8) is 0 Å². The van der Waals surface area contributed by atoms with E-state index in [2.05, 4.69) is 39.4 Å². The van der Waals surface area contributed by atoms with Crippen LogP contribution >= 0.6 is 0 Å². The summed E-state index contributed by atoms with van der Waals surface area (Å²) in [5, 5.41) is 6.32. The maximum Gasteiger partial charge on any atom is 0.229 e. The van der Waals surface area contributed by atoms with Crippen molar-refractivity contribution < 1.29 is 4.39 Å². The largest absolute Gasteiger partial charge is 0.369 e. The lowest BCUT2D eigenvalue weighted by Gasteiger charge is -2.10. The number of nitrogens with two attached hydrogens (primary N) is 1. The van der Waals surface area contributed by atoms with E-state index in [1.54, 1.807) is 18.3 Å². The average Bonchev–Trinajstić information content (AvgIpc) is 2.60. The third-order valence-electron chi connectivity index (χ3n) is 3.16. The van der Waals surface area contributed by atoms with Crippen LogP contribution in [0.2, 0.25) is 0 Å². The molecule has 0 aliphatic heterocycles. The molecule has 5 nitrogen and oxygen atoms in total. The molecule has 6 heteroatoms. The first-order valence-corrected chi connectivity index (χ1v) is 8.05. The van der Waals surface area contributed by atoms with Crippen LogP contribution in [0.15, 0.2) is 30.5 Å². The second-order valence-electron chi connectivity index (χ2n) is 5.21. The van der Waals surface area contributed by atoms with E-state index in [9.17, 15) is 4.39 Å². The molecule has 0 aliphatic rings. The van der Waals surface area contributed by atoms with Gasteiger partial charge in [-0.1, -0.05) is 18.8 Å². The van der Waals surface area contributed by atoms with Crippen LogP contribution in [0.3, 0.4) is 0 Å². The molecule has 1 aromatic heterocycles. The summed E-state index contributed by atoms with van der Waals surface area (Å²) >= 11 is 0. The number of nitrogens with zero attached hydrogens (tertiary/aromatic N) is 2. The molecule has 0 radical (unpaired) electrons. The normalized spacial score (nSPS) is 9.96. The average molecular weight is 327 g/mol. The van der Waals surface area contributed by atoms with E-state index < -0.39 is 0 Å². The summed E-state index contributed by atoms with van der Waals surface area (Å²) in [5.41, 5.74) is 6.95. The van der Waals surface area contributed by atoms with Crippen molar-refractivity contribution in [2.24, 2.45) is 5.73 Å². The predicted molar refractivity (Wildman–Crippen MR) is 95.7 cm³/mol. The summed E-state index contributed by atoms with van der Waals surface area (Å²) in [4.78, 5) is 8.75. The molecule has 4 N–H and O–H groups in total. The molecule has 0 saturated carbocycles. The maximum atomic E-state index is 13.0. The fourth-order valence-electron chi connectivity index (χ4n) is 1.92. The van der Waals surface area contributed by atoms with Gasteiger partial charge in [-0.3, -0.25) is 0 Å². The molecular formula is C18H22FN5. The summed E-state index contributed by atoms with van der Waals surface area (Å²) in [6.07, 6.45) is 4.28. The van der Waals surface area contributed by atoms with E-state index >= 15 is 0 Å². The van der Waals surface area contributed by atoms with Gasteiger partial charge in [0.1, 0.15) is 11.6 Å². The van der Waals surface area contributed by atoms with E-state index in [1.165, 1.54) is 12.1 Å². The Morgan fingerprint density at radius 3 is 2.75 bits per heavy atom. The molecule has 2 rings (SSSR count). The lowest BCUT2D eigenvalue weighted by Crippen LogP contribution is -2.07. The van der Waals surface area contributed by atoms with Crippen LogP contribution in [-0.4, -0.2) is 23.1 Å². The highest BCUT2D eigenvalue weighted by Gasteiger charge is 2.06. The van der Waals surface area contributed by atoms with Crippen molar-refractivity contribution in [1.29, 1.82) is 0 Å². The van der Waals surface area contributed by atoms with E-state index in [0.717, 1.165) is 37.1 Å². The van der Waals surface area contributed by atoms with Crippen LogP contribution in [0, 0.1) is 17.7 Å². The monoisotopic (exact) mass is 327 g/mol. The van der Waals surface area contributed by atoms with Crippen molar-refractivity contribution in [2.75, 3.05) is 23.7 Å². The topological polar surface area (TPSA) is 75.9 Å². The van der Waals surface area contributed by atoms with Crippen LogP contribution in [0.5, 0.6) is 0 Å². The Morgan fingerprint density at radius 2 is 2.04 bits per heavy atom. The van der Waals surface area contributed by atoms with E-state index in [4.69, 9.17) is 5.73 Å². The molecule has 0 saturated heterocycles. The number of unbranched alkanes of at least 4 members (excludes halogenated alkanes) is 1. The van der Waals surface area contributed by atoms with Crippen molar-refractivity contribution in [3.8, 4) is 11.8 Å². The van der Waals surface area contributed by atoms with E-state index in [0.29, 0.717) is 18.3 Å². The van der Waals surface area contributed by atoms with Gasteiger partial charge in [-0.2, -0.15) is 4.98 Å². The van der Waals surface area contributed by atoms with Gasteiger partial charge in [-0.25, -0.2) is 9.37 Å². The SMILES string of the molecule is CCCNc1nc(Nc2ccc(F)cc2)ncc1C#CCCCN. The molecule has 0 atom stereocenters. The van der Waals surface area contributed by atoms with Gasteiger partial charge in [0, 0.05) is 18.7 Å². The van der Waals surface area contributed by atoms with Gasteiger partial charge < -0.3 is 16.4 Å². The van der Waals surface area contributed by atoms with Gasteiger partial charge in [-0.15, -0.1) is 0 Å². The number of hydrogen-bond donors (Lipinski definition) is 3. The molecule has 0 amide bonds. The predicted octanol–water partition coefficient (Wildman–Crippen LogP) is 3.27. The van der Waals surface area contributed by atoms with Gasteiger partial charge >= 0.3 is 0 Å². The highest BCUT2D eigenvalue weighted by Crippen LogP contribution is 2.17. The van der Waals surface area contributed by atoms with Crippen LogP contribution in [0.25, 0.3) is 0 Å². The molecule has 0 fully saturated rings.